The van der Waals surface area contributed by atoms with Crippen molar-refractivity contribution in [2.24, 2.45) is 0 Å². The molecule has 2 aliphatic heterocycles. The van der Waals surface area contributed by atoms with E-state index in [1.807, 2.05) is 0 Å². The van der Waals surface area contributed by atoms with Crippen molar-refractivity contribution in [3.05, 3.63) is 164 Å². The first-order chi connectivity index (χ1) is 39.6. The van der Waals surface area contributed by atoms with Crippen molar-refractivity contribution in [3.8, 4) is 0 Å². The van der Waals surface area contributed by atoms with Crippen LogP contribution >= 0.6 is 11.3 Å². The first-order valence-electron chi connectivity index (χ1n) is 33.0. The third kappa shape index (κ3) is 8.49. The number of hydrogen-bond donors (Lipinski definition) is 0. The van der Waals surface area contributed by atoms with Crippen LogP contribution in [0.1, 0.15) is 258 Å². The van der Waals surface area contributed by atoms with E-state index >= 15 is 0 Å². The normalized spacial score (nSPS) is 22.8. The molecule has 0 bridgehead atoms. The van der Waals surface area contributed by atoms with Crippen molar-refractivity contribution in [1.29, 1.82) is 0 Å². The molecule has 0 spiro atoms. The summed E-state index contributed by atoms with van der Waals surface area (Å²) in [7, 11) is 0. The van der Waals surface area contributed by atoms with Crippen molar-refractivity contribution < 1.29 is 0 Å². The zero-order chi connectivity index (χ0) is 60.5. The Balaban J connectivity index is 1.16. The van der Waals surface area contributed by atoms with E-state index in [-0.39, 0.29) is 60.9 Å². The number of anilines is 9. The van der Waals surface area contributed by atoms with E-state index in [2.05, 4.69) is 274 Å². The molecule has 0 saturated carbocycles. The summed E-state index contributed by atoms with van der Waals surface area (Å²) in [5.74, 6) is 0. The smallest absolute Gasteiger partial charge is 0.264 e. The summed E-state index contributed by atoms with van der Waals surface area (Å²) in [5.41, 5.74) is 28.4. The Bertz CT molecular complexity index is 3940. The molecule has 0 saturated heterocycles. The van der Waals surface area contributed by atoms with Crippen molar-refractivity contribution in [2.75, 3.05) is 14.7 Å². The number of para-hydroxylation sites is 1. The minimum Gasteiger partial charge on any atom is -0.311 e. The fourth-order valence-corrected chi connectivity index (χ4v) is 19.4. The molecule has 85 heavy (non-hydrogen) atoms. The molecule has 7 aromatic rings. The highest BCUT2D eigenvalue weighted by molar-refractivity contribution is 7.29. The SMILES string of the molecule is CC1(C)CCC(C)(C)c2cc(N(c3ccccc3)c3cc4c5c(c3)N(c3ccc6c(c3)C(C)(C)CCC6(C)C)c3c(sc6c3C(C)(C)CCC6(C)C)B5c3cc5c(cc3N4c3ccc4c(c3)C(C)(C)CCC4(C)C)C(C)(C)CCC5(C)C)ccc21. The van der Waals surface area contributed by atoms with Crippen LogP contribution in [0.2, 0.25) is 0 Å². The second-order valence-corrected chi connectivity index (χ2v) is 35.7. The van der Waals surface area contributed by atoms with Gasteiger partial charge in [-0.25, -0.2) is 0 Å². The van der Waals surface area contributed by atoms with Gasteiger partial charge in [0.2, 0.25) is 0 Å². The van der Waals surface area contributed by atoms with Gasteiger partial charge in [0.05, 0.1) is 11.4 Å². The van der Waals surface area contributed by atoms with E-state index in [0.717, 1.165) is 12.8 Å². The lowest BCUT2D eigenvalue weighted by atomic mass is 9.35. The molecule has 3 heterocycles. The largest absolute Gasteiger partial charge is 0.311 e. The first-order valence-corrected chi connectivity index (χ1v) is 33.8. The van der Waals surface area contributed by atoms with E-state index in [1.54, 1.807) is 10.4 Å². The summed E-state index contributed by atoms with van der Waals surface area (Å²) in [6.45, 7) is 50.3. The van der Waals surface area contributed by atoms with Crippen LogP contribution in [-0.4, -0.2) is 6.71 Å². The van der Waals surface area contributed by atoms with Gasteiger partial charge < -0.3 is 14.7 Å². The van der Waals surface area contributed by atoms with Crippen LogP contribution < -0.4 is 30.4 Å². The third-order valence-electron chi connectivity index (χ3n) is 24.1. The number of thiophene rings is 1. The highest BCUT2D eigenvalue weighted by atomic mass is 32.1. The molecular weight excluding hydrogens is 1050 g/mol. The Kier molecular flexibility index (Phi) is 12.2. The second-order valence-electron chi connectivity index (χ2n) is 34.7. The molecule has 0 N–H and O–H groups in total. The summed E-state index contributed by atoms with van der Waals surface area (Å²) in [4.78, 5) is 9.88. The zero-order valence-electron chi connectivity index (χ0n) is 55.8. The molecule has 3 nitrogen and oxygen atoms in total. The lowest BCUT2D eigenvalue weighted by molar-refractivity contribution is 0.332. The summed E-state index contributed by atoms with van der Waals surface area (Å²) in [6.07, 6.45) is 11.7. The summed E-state index contributed by atoms with van der Waals surface area (Å²) in [5, 5.41) is 0. The van der Waals surface area contributed by atoms with Gasteiger partial charge in [0.15, 0.2) is 0 Å². The Morgan fingerprint density at radius 3 is 1.25 bits per heavy atom. The van der Waals surface area contributed by atoms with Gasteiger partial charge in [0, 0.05) is 49.5 Å². The quantitative estimate of drug-likeness (QED) is 0.159. The third-order valence-corrected chi connectivity index (χ3v) is 25.7. The van der Waals surface area contributed by atoms with Gasteiger partial charge in [-0.3, -0.25) is 0 Å². The van der Waals surface area contributed by atoms with Crippen LogP contribution in [0.25, 0.3) is 0 Å². The van der Waals surface area contributed by atoms with E-state index in [0.29, 0.717) is 0 Å². The minimum atomic E-state index is -0.0461. The highest BCUT2D eigenvalue weighted by Crippen LogP contribution is 2.60. The van der Waals surface area contributed by atoms with Crippen molar-refractivity contribution >= 4 is 84.9 Å². The van der Waals surface area contributed by atoms with Crippen LogP contribution in [0.15, 0.2) is 109 Å². The van der Waals surface area contributed by atoms with Gasteiger partial charge in [0.25, 0.3) is 6.71 Å². The maximum Gasteiger partial charge on any atom is 0.264 e. The van der Waals surface area contributed by atoms with Gasteiger partial charge >= 0.3 is 0 Å². The van der Waals surface area contributed by atoms with Gasteiger partial charge in [-0.1, -0.05) is 181 Å². The topological polar surface area (TPSA) is 9.72 Å². The van der Waals surface area contributed by atoms with Crippen molar-refractivity contribution in [1.82, 2.24) is 0 Å². The monoisotopic (exact) mass is 1140 g/mol. The molecule has 0 unspecified atom stereocenters. The minimum absolute atomic E-state index is 0.0129. The number of fused-ring (bicyclic) bond motifs is 10. The molecule has 0 atom stereocenters. The van der Waals surface area contributed by atoms with Gasteiger partial charge in [-0.2, -0.15) is 11.3 Å². The van der Waals surface area contributed by atoms with E-state index in [1.165, 1.54) is 163 Å². The second kappa shape index (κ2) is 18.1. The Morgan fingerprint density at radius 2 is 0.741 bits per heavy atom. The summed E-state index contributed by atoms with van der Waals surface area (Å²) >= 11 is 2.17. The molecule has 442 valence electrons. The van der Waals surface area contributed by atoms with Crippen LogP contribution in [-0.2, 0) is 54.1 Å². The fourth-order valence-electron chi connectivity index (χ4n) is 17.7. The molecule has 14 rings (SSSR count). The van der Waals surface area contributed by atoms with Crippen LogP contribution in [0.3, 0.4) is 0 Å². The number of rotatable bonds is 5. The Labute approximate surface area is 517 Å². The lowest BCUT2D eigenvalue weighted by Crippen LogP contribution is -2.61. The number of hydrogen-bond acceptors (Lipinski definition) is 4. The van der Waals surface area contributed by atoms with E-state index in [4.69, 9.17) is 0 Å². The predicted molar refractivity (Wildman–Crippen MR) is 369 cm³/mol. The van der Waals surface area contributed by atoms with E-state index < -0.39 is 0 Å². The molecule has 5 heteroatoms. The van der Waals surface area contributed by atoms with Crippen molar-refractivity contribution in [2.45, 2.75) is 257 Å². The molecule has 1 aromatic heterocycles. The number of benzene rings is 6. The molecule has 0 fully saturated rings. The molecule has 0 amide bonds. The predicted octanol–water partition coefficient (Wildman–Crippen LogP) is 21.0. The highest BCUT2D eigenvalue weighted by Gasteiger charge is 2.53. The van der Waals surface area contributed by atoms with Gasteiger partial charge in [-0.15, -0.1) is 0 Å². The lowest BCUT2D eigenvalue weighted by Gasteiger charge is -2.48. The Hall–Kier alpha value is -5.52. The molecule has 6 aromatic carbocycles. The van der Waals surface area contributed by atoms with Crippen LogP contribution in [0.4, 0.5) is 51.2 Å². The average molecular weight is 1140 g/mol. The van der Waals surface area contributed by atoms with Crippen LogP contribution in [0.5, 0.6) is 0 Å². The average Bonchev–Trinajstić information content (AvgIpc) is 1.68. The van der Waals surface area contributed by atoms with E-state index in [9.17, 15) is 0 Å². The molecule has 7 aliphatic rings. The number of nitrogens with zero attached hydrogens (tertiary/aromatic N) is 3. The van der Waals surface area contributed by atoms with Crippen LogP contribution in [0, 0.1) is 0 Å². The standard InChI is InChI=1S/C80H98BN3S/c1-71(2)32-35-74(7,8)57-42-50(26-29-54(57)71)82(49-24-22-21-23-25-49)53-45-64-67-65(46-53)84(52-28-31-56-59(44-52)76(11,12)37-34-73(56,5)6)68-66-69(80(19,20)41-40-79(66,17)18)85-70(68)81(67)62-47-60-61(78(15,16)39-38-77(60,13)14)48-63(62)83(64)51-27-30-55-58(43-51)75(9,10)36-33-72(55,3)4/h21-31,42-48H,32-41H2,1-20H3. The summed E-state index contributed by atoms with van der Waals surface area (Å²) in [6, 6.07) is 45.3. The molecule has 5 aliphatic carbocycles. The van der Waals surface area contributed by atoms with Gasteiger partial charge in [-0.05, 0) is 246 Å². The Morgan fingerprint density at radius 1 is 0.341 bits per heavy atom. The molecule has 0 radical (unpaired) electrons. The van der Waals surface area contributed by atoms with Gasteiger partial charge in [0.1, 0.15) is 0 Å². The first kappa shape index (κ1) is 57.2. The maximum atomic E-state index is 2.86. The summed E-state index contributed by atoms with van der Waals surface area (Å²) < 4.78 is 1.52. The fraction of sp³-hybridized carbons (Fsp3) is 0.500. The molecular formula is C80H98BN3S. The van der Waals surface area contributed by atoms with Crippen molar-refractivity contribution in [3.63, 3.8) is 0 Å². The maximum absolute atomic E-state index is 2.86. The zero-order valence-corrected chi connectivity index (χ0v) is 56.6.